The maximum atomic E-state index is 10.1. The summed E-state index contributed by atoms with van der Waals surface area (Å²) in [6.07, 6.45) is 9.24. The summed E-state index contributed by atoms with van der Waals surface area (Å²) < 4.78 is 0. The van der Waals surface area contributed by atoms with Crippen molar-refractivity contribution in [1.82, 2.24) is 4.98 Å². The van der Waals surface area contributed by atoms with Crippen molar-refractivity contribution in [3.8, 4) is 0 Å². The molecule has 1 aromatic heterocycles. The van der Waals surface area contributed by atoms with Crippen LogP contribution in [0.4, 0.5) is 0 Å². The average Bonchev–Trinajstić information content (AvgIpc) is 2.92. The van der Waals surface area contributed by atoms with E-state index < -0.39 is 0 Å². The number of nitrogens with zero attached hydrogens (tertiary/aromatic N) is 1. The molecule has 0 amide bonds. The van der Waals surface area contributed by atoms with Crippen molar-refractivity contribution < 1.29 is 5.11 Å². The van der Waals surface area contributed by atoms with E-state index in [0.29, 0.717) is 0 Å². The number of rotatable bonds is 4. The SMILES string of the molecule is OC(Cc1cncs1)CC1CC2CCC1C2. The van der Waals surface area contributed by atoms with E-state index in [1.54, 1.807) is 11.3 Å². The molecule has 3 heteroatoms. The lowest BCUT2D eigenvalue weighted by Gasteiger charge is -2.23. The Kier molecular flexibility index (Phi) is 2.99. The quantitative estimate of drug-likeness (QED) is 0.873. The summed E-state index contributed by atoms with van der Waals surface area (Å²) in [4.78, 5) is 5.27. The molecule has 0 radical (unpaired) electrons. The maximum Gasteiger partial charge on any atom is 0.0794 e. The van der Waals surface area contributed by atoms with E-state index in [9.17, 15) is 5.11 Å². The van der Waals surface area contributed by atoms with Gasteiger partial charge in [0.2, 0.25) is 0 Å². The molecule has 4 unspecified atom stereocenters. The van der Waals surface area contributed by atoms with Gasteiger partial charge in [0.15, 0.2) is 0 Å². The Labute approximate surface area is 101 Å². The van der Waals surface area contributed by atoms with E-state index in [2.05, 4.69) is 4.98 Å². The molecule has 1 N–H and O–H groups in total. The van der Waals surface area contributed by atoms with Gasteiger partial charge in [-0.3, -0.25) is 4.98 Å². The summed E-state index contributed by atoms with van der Waals surface area (Å²) >= 11 is 1.65. The van der Waals surface area contributed by atoms with Gasteiger partial charge < -0.3 is 5.11 Å². The molecule has 2 aliphatic rings. The molecule has 0 spiro atoms. The van der Waals surface area contributed by atoms with Gasteiger partial charge in [0.05, 0.1) is 11.6 Å². The minimum absolute atomic E-state index is 0.148. The molecule has 1 aromatic rings. The number of aliphatic hydroxyl groups excluding tert-OH is 1. The van der Waals surface area contributed by atoms with Crippen LogP contribution in [0.1, 0.15) is 37.0 Å². The third-order valence-corrected chi connectivity index (χ3v) is 5.18. The highest BCUT2D eigenvalue weighted by Gasteiger charge is 2.39. The van der Waals surface area contributed by atoms with Gasteiger partial charge >= 0.3 is 0 Å². The van der Waals surface area contributed by atoms with E-state index in [-0.39, 0.29) is 6.10 Å². The molecule has 0 aromatic carbocycles. The molecule has 4 atom stereocenters. The van der Waals surface area contributed by atoms with Crippen molar-refractivity contribution in [1.29, 1.82) is 0 Å². The number of thiazole rings is 1. The summed E-state index contributed by atoms with van der Waals surface area (Å²) in [6, 6.07) is 0. The molecule has 2 fully saturated rings. The van der Waals surface area contributed by atoms with Crippen LogP contribution in [-0.2, 0) is 6.42 Å². The Morgan fingerprint density at radius 1 is 1.44 bits per heavy atom. The zero-order valence-electron chi connectivity index (χ0n) is 9.51. The molecule has 2 nitrogen and oxygen atoms in total. The number of hydrogen-bond donors (Lipinski definition) is 1. The molecule has 3 rings (SSSR count). The van der Waals surface area contributed by atoms with E-state index in [0.717, 1.165) is 30.6 Å². The topological polar surface area (TPSA) is 33.1 Å². The zero-order valence-corrected chi connectivity index (χ0v) is 10.3. The third kappa shape index (κ3) is 2.16. The first-order valence-corrected chi connectivity index (χ1v) is 7.24. The lowest BCUT2D eigenvalue weighted by molar-refractivity contribution is 0.125. The van der Waals surface area contributed by atoms with Gasteiger partial charge in [0, 0.05) is 17.5 Å². The van der Waals surface area contributed by atoms with E-state index in [4.69, 9.17) is 0 Å². The van der Waals surface area contributed by atoms with Gasteiger partial charge in [-0.2, -0.15) is 0 Å². The highest BCUT2D eigenvalue weighted by atomic mass is 32.1. The lowest BCUT2D eigenvalue weighted by atomic mass is 9.84. The van der Waals surface area contributed by atoms with Crippen LogP contribution in [0.25, 0.3) is 0 Å². The summed E-state index contributed by atoms with van der Waals surface area (Å²) in [5.74, 6) is 2.73. The van der Waals surface area contributed by atoms with Crippen LogP contribution in [0.5, 0.6) is 0 Å². The van der Waals surface area contributed by atoms with Crippen molar-refractivity contribution in [2.24, 2.45) is 17.8 Å². The Morgan fingerprint density at radius 2 is 2.38 bits per heavy atom. The summed E-state index contributed by atoms with van der Waals surface area (Å²) in [5.41, 5.74) is 1.85. The predicted molar refractivity (Wildman–Crippen MR) is 65.4 cm³/mol. The second-order valence-electron chi connectivity index (χ2n) is 5.50. The zero-order chi connectivity index (χ0) is 11.0. The number of fused-ring (bicyclic) bond motifs is 2. The van der Waals surface area contributed by atoms with Crippen LogP contribution in [-0.4, -0.2) is 16.2 Å². The normalized spacial score (nSPS) is 34.4. The Hall–Kier alpha value is -0.410. The van der Waals surface area contributed by atoms with Gasteiger partial charge in [-0.05, 0) is 43.4 Å². The van der Waals surface area contributed by atoms with Gasteiger partial charge in [-0.15, -0.1) is 11.3 Å². The second-order valence-corrected chi connectivity index (χ2v) is 6.47. The molecule has 1 heterocycles. The van der Waals surface area contributed by atoms with Crippen molar-refractivity contribution in [2.45, 2.75) is 44.6 Å². The Balaban J connectivity index is 1.51. The summed E-state index contributed by atoms with van der Waals surface area (Å²) in [6.45, 7) is 0. The molecule has 88 valence electrons. The summed E-state index contributed by atoms with van der Waals surface area (Å²) in [5, 5.41) is 10.1. The fourth-order valence-corrected chi connectivity index (χ4v) is 4.34. The van der Waals surface area contributed by atoms with Gasteiger partial charge in [-0.1, -0.05) is 6.42 Å². The molecular formula is C13H19NOS. The predicted octanol–water partition coefficient (Wildman–Crippen LogP) is 2.87. The molecular weight excluding hydrogens is 218 g/mol. The third-order valence-electron chi connectivity index (χ3n) is 4.38. The minimum Gasteiger partial charge on any atom is -0.393 e. The largest absolute Gasteiger partial charge is 0.393 e. The number of aromatic nitrogens is 1. The standard InChI is InChI=1S/C13H19NOS/c15-12(6-13-7-14-8-16-13)5-11-4-9-1-2-10(11)3-9/h7-12,15H,1-6H2. The average molecular weight is 237 g/mol. The molecule has 0 saturated heterocycles. The minimum atomic E-state index is -0.148. The van der Waals surface area contributed by atoms with Crippen molar-refractivity contribution in [2.75, 3.05) is 0 Å². The molecule has 0 aliphatic heterocycles. The first-order chi connectivity index (χ1) is 7.81. The molecule has 16 heavy (non-hydrogen) atoms. The summed E-state index contributed by atoms with van der Waals surface area (Å²) in [7, 11) is 0. The second kappa shape index (κ2) is 4.46. The molecule has 2 bridgehead atoms. The smallest absolute Gasteiger partial charge is 0.0794 e. The van der Waals surface area contributed by atoms with Crippen molar-refractivity contribution >= 4 is 11.3 Å². The van der Waals surface area contributed by atoms with Gasteiger partial charge in [0.1, 0.15) is 0 Å². The van der Waals surface area contributed by atoms with Crippen molar-refractivity contribution in [3.63, 3.8) is 0 Å². The first kappa shape index (κ1) is 10.7. The van der Waals surface area contributed by atoms with E-state index in [1.807, 2.05) is 11.7 Å². The number of hydrogen-bond acceptors (Lipinski definition) is 3. The maximum absolute atomic E-state index is 10.1. The number of aliphatic hydroxyl groups is 1. The highest BCUT2D eigenvalue weighted by Crippen LogP contribution is 2.49. The van der Waals surface area contributed by atoms with Crippen LogP contribution < -0.4 is 0 Å². The van der Waals surface area contributed by atoms with Gasteiger partial charge in [0.25, 0.3) is 0 Å². The van der Waals surface area contributed by atoms with Gasteiger partial charge in [-0.25, -0.2) is 0 Å². The van der Waals surface area contributed by atoms with Crippen LogP contribution in [0.2, 0.25) is 0 Å². The van der Waals surface area contributed by atoms with Crippen LogP contribution in [0.3, 0.4) is 0 Å². The van der Waals surface area contributed by atoms with E-state index in [1.165, 1.54) is 30.6 Å². The van der Waals surface area contributed by atoms with Crippen molar-refractivity contribution in [3.05, 3.63) is 16.6 Å². The lowest BCUT2D eigenvalue weighted by Crippen LogP contribution is -2.20. The van der Waals surface area contributed by atoms with Crippen LogP contribution >= 0.6 is 11.3 Å². The Bertz CT molecular complexity index is 338. The fourth-order valence-electron chi connectivity index (χ4n) is 3.67. The fraction of sp³-hybridized carbons (Fsp3) is 0.769. The van der Waals surface area contributed by atoms with E-state index >= 15 is 0 Å². The monoisotopic (exact) mass is 237 g/mol. The van der Waals surface area contributed by atoms with Crippen LogP contribution in [0, 0.1) is 17.8 Å². The van der Waals surface area contributed by atoms with Crippen LogP contribution in [0.15, 0.2) is 11.7 Å². The highest BCUT2D eigenvalue weighted by molar-refractivity contribution is 7.09. The molecule has 2 aliphatic carbocycles. The first-order valence-electron chi connectivity index (χ1n) is 6.36. The molecule has 2 saturated carbocycles. The Morgan fingerprint density at radius 3 is 3.00 bits per heavy atom.